The third-order valence-corrected chi connectivity index (χ3v) is 4.36. The number of aryl methyl sites for hydroxylation is 1. The third-order valence-electron chi connectivity index (χ3n) is 3.68. The number of rotatable bonds is 1. The van der Waals surface area contributed by atoms with Crippen LogP contribution in [0.2, 0.25) is 0 Å². The highest BCUT2D eigenvalue weighted by Crippen LogP contribution is 2.28. The number of hydrogen-bond donors (Lipinski definition) is 1. The Morgan fingerprint density at radius 2 is 2.16 bits per heavy atom. The fourth-order valence-electron chi connectivity index (χ4n) is 2.70. The molecule has 1 unspecified atom stereocenters. The Hall–Kier alpha value is -1.33. The van der Waals surface area contributed by atoms with Gasteiger partial charge in [0.2, 0.25) is 0 Å². The molecule has 1 aromatic rings. The smallest absolute Gasteiger partial charge is 0.255 e. The lowest BCUT2D eigenvalue weighted by molar-refractivity contribution is 0.0743. The first-order chi connectivity index (χ1) is 9.06. The van der Waals surface area contributed by atoms with Crippen LogP contribution in [0.25, 0.3) is 0 Å². The van der Waals surface area contributed by atoms with Crippen molar-refractivity contribution in [2.45, 2.75) is 32.4 Å². The second-order valence-corrected chi connectivity index (χ2v) is 5.99. The van der Waals surface area contributed by atoms with Crippen molar-refractivity contribution in [2.75, 3.05) is 0 Å². The molecular weight excluding hydrogens is 276 g/mol. The van der Waals surface area contributed by atoms with E-state index in [0.717, 1.165) is 29.0 Å². The van der Waals surface area contributed by atoms with E-state index in [4.69, 9.17) is 24.4 Å². The van der Waals surface area contributed by atoms with E-state index in [9.17, 15) is 4.79 Å². The average Bonchev–Trinajstić information content (AvgIpc) is 2.66. The minimum Gasteiger partial charge on any atom is -0.343 e. The summed E-state index contributed by atoms with van der Waals surface area (Å²) in [6.07, 6.45) is 1.61. The SMILES string of the molecule is Cc1ccc2c(c1)CN(C1CCC(=S)NC1=S)C2=O. The number of thiocarbonyl (C=S) groups is 2. The predicted octanol–water partition coefficient (Wildman–Crippen LogP) is 2.36. The van der Waals surface area contributed by atoms with Crippen molar-refractivity contribution < 1.29 is 4.79 Å². The Bertz CT molecular complexity index is 597. The first-order valence-electron chi connectivity index (χ1n) is 6.30. The van der Waals surface area contributed by atoms with Gasteiger partial charge in [-0.15, -0.1) is 0 Å². The Kier molecular flexibility index (Phi) is 3.11. The lowest BCUT2D eigenvalue weighted by Gasteiger charge is -2.32. The molecule has 1 amide bonds. The molecule has 0 bridgehead atoms. The molecule has 5 heteroatoms. The van der Waals surface area contributed by atoms with Crippen LogP contribution in [0.5, 0.6) is 0 Å². The summed E-state index contributed by atoms with van der Waals surface area (Å²) in [5.41, 5.74) is 3.08. The van der Waals surface area contributed by atoms with Gasteiger partial charge in [-0.1, -0.05) is 42.1 Å². The van der Waals surface area contributed by atoms with Crippen LogP contribution in [-0.2, 0) is 6.54 Å². The van der Waals surface area contributed by atoms with Crippen LogP contribution in [-0.4, -0.2) is 26.8 Å². The van der Waals surface area contributed by atoms with Crippen molar-refractivity contribution in [1.29, 1.82) is 0 Å². The zero-order chi connectivity index (χ0) is 13.6. The van der Waals surface area contributed by atoms with Gasteiger partial charge in [-0.25, -0.2) is 0 Å². The van der Waals surface area contributed by atoms with Gasteiger partial charge in [0.15, 0.2) is 0 Å². The van der Waals surface area contributed by atoms with Gasteiger partial charge in [0, 0.05) is 18.5 Å². The van der Waals surface area contributed by atoms with E-state index < -0.39 is 0 Å². The van der Waals surface area contributed by atoms with Crippen molar-refractivity contribution >= 4 is 40.3 Å². The Morgan fingerprint density at radius 3 is 2.89 bits per heavy atom. The normalized spacial score (nSPS) is 22.5. The highest BCUT2D eigenvalue weighted by molar-refractivity contribution is 7.82. The summed E-state index contributed by atoms with van der Waals surface area (Å²) in [5.74, 6) is 0.0805. The van der Waals surface area contributed by atoms with E-state index in [1.54, 1.807) is 0 Å². The molecule has 3 nitrogen and oxygen atoms in total. The fourth-order valence-corrected chi connectivity index (χ4v) is 3.36. The number of carbonyl (C=O) groups is 1. The number of hydrogen-bond acceptors (Lipinski definition) is 3. The molecular formula is C14H14N2OS2. The summed E-state index contributed by atoms with van der Waals surface area (Å²) in [5, 5.41) is 3.03. The highest BCUT2D eigenvalue weighted by Gasteiger charge is 2.36. The van der Waals surface area contributed by atoms with Crippen LogP contribution in [0.1, 0.15) is 34.3 Å². The number of benzene rings is 1. The average molecular weight is 290 g/mol. The van der Waals surface area contributed by atoms with Crippen LogP contribution in [0.3, 0.4) is 0 Å². The molecule has 1 atom stereocenters. The van der Waals surface area contributed by atoms with E-state index in [1.165, 1.54) is 5.56 Å². The van der Waals surface area contributed by atoms with Gasteiger partial charge < -0.3 is 10.2 Å². The van der Waals surface area contributed by atoms with Gasteiger partial charge in [0.1, 0.15) is 4.99 Å². The van der Waals surface area contributed by atoms with Gasteiger partial charge in [-0.3, -0.25) is 4.79 Å². The monoisotopic (exact) mass is 290 g/mol. The first kappa shape index (κ1) is 12.7. The van der Waals surface area contributed by atoms with Gasteiger partial charge in [0.05, 0.1) is 11.0 Å². The quantitative estimate of drug-likeness (QED) is 0.805. The summed E-state index contributed by atoms with van der Waals surface area (Å²) in [4.78, 5) is 15.8. The highest BCUT2D eigenvalue weighted by atomic mass is 32.1. The minimum atomic E-state index is -0.0260. The maximum atomic E-state index is 12.4. The van der Waals surface area contributed by atoms with Crippen molar-refractivity contribution in [1.82, 2.24) is 10.2 Å². The van der Waals surface area contributed by atoms with Crippen LogP contribution < -0.4 is 5.32 Å². The summed E-state index contributed by atoms with van der Waals surface area (Å²) >= 11 is 10.5. The van der Waals surface area contributed by atoms with Gasteiger partial charge >= 0.3 is 0 Å². The molecule has 0 aromatic heterocycles. The molecule has 2 heterocycles. The van der Waals surface area contributed by atoms with Crippen molar-refractivity contribution in [2.24, 2.45) is 0 Å². The number of fused-ring (bicyclic) bond motifs is 1. The molecule has 1 saturated heterocycles. The molecule has 1 aromatic carbocycles. The number of nitrogens with one attached hydrogen (secondary N) is 1. The molecule has 0 spiro atoms. The van der Waals surface area contributed by atoms with Gasteiger partial charge in [-0.2, -0.15) is 0 Å². The second kappa shape index (κ2) is 4.65. The number of nitrogens with zero attached hydrogens (tertiary/aromatic N) is 1. The van der Waals surface area contributed by atoms with E-state index in [1.807, 2.05) is 24.0 Å². The summed E-state index contributed by atoms with van der Waals surface area (Å²) in [7, 11) is 0. The zero-order valence-corrected chi connectivity index (χ0v) is 12.2. The topological polar surface area (TPSA) is 32.3 Å². The number of carbonyl (C=O) groups excluding carboxylic acids is 1. The molecule has 0 aliphatic carbocycles. The van der Waals surface area contributed by atoms with Gasteiger partial charge in [0.25, 0.3) is 5.91 Å². The number of piperidine rings is 1. The maximum Gasteiger partial charge on any atom is 0.255 e. The minimum absolute atomic E-state index is 0.0260. The summed E-state index contributed by atoms with van der Waals surface area (Å²) in [6.45, 7) is 2.69. The van der Waals surface area contributed by atoms with Crippen LogP contribution in [0.4, 0.5) is 0 Å². The summed E-state index contributed by atoms with van der Waals surface area (Å²) < 4.78 is 0. The largest absolute Gasteiger partial charge is 0.343 e. The molecule has 19 heavy (non-hydrogen) atoms. The number of amides is 1. The summed E-state index contributed by atoms with van der Waals surface area (Å²) in [6, 6.07) is 5.95. The molecule has 3 rings (SSSR count). The van der Waals surface area contributed by atoms with Crippen molar-refractivity contribution in [3.05, 3.63) is 34.9 Å². The van der Waals surface area contributed by atoms with Crippen molar-refractivity contribution in [3.63, 3.8) is 0 Å². The second-order valence-electron chi connectivity index (χ2n) is 5.06. The zero-order valence-electron chi connectivity index (χ0n) is 10.6. The van der Waals surface area contributed by atoms with E-state index in [2.05, 4.69) is 11.4 Å². The van der Waals surface area contributed by atoms with Crippen LogP contribution in [0.15, 0.2) is 18.2 Å². The Morgan fingerprint density at radius 1 is 1.37 bits per heavy atom. The Balaban J connectivity index is 1.87. The van der Waals surface area contributed by atoms with Crippen LogP contribution in [0, 0.1) is 6.92 Å². The molecule has 2 aliphatic heterocycles. The Labute approximate surface area is 123 Å². The lowest BCUT2D eigenvalue weighted by Crippen LogP contribution is -2.51. The van der Waals surface area contributed by atoms with Crippen LogP contribution >= 0.6 is 24.4 Å². The fraction of sp³-hybridized carbons (Fsp3) is 0.357. The molecule has 1 fully saturated rings. The van der Waals surface area contributed by atoms with E-state index >= 15 is 0 Å². The molecule has 0 radical (unpaired) electrons. The standard InChI is InChI=1S/C14H14N2OS2/c1-8-2-3-10-9(6-8)7-16(14(10)17)11-4-5-12(18)15-13(11)19/h2-3,6,11H,4-5,7H2,1H3,(H,15,18,19). The molecule has 0 saturated carbocycles. The third kappa shape index (κ3) is 2.17. The maximum absolute atomic E-state index is 12.4. The lowest BCUT2D eigenvalue weighted by atomic mass is 10.1. The van der Waals surface area contributed by atoms with Crippen molar-refractivity contribution in [3.8, 4) is 0 Å². The van der Waals surface area contributed by atoms with E-state index in [0.29, 0.717) is 11.5 Å². The molecule has 1 N–H and O–H groups in total. The molecule has 98 valence electrons. The first-order valence-corrected chi connectivity index (χ1v) is 7.12. The van der Waals surface area contributed by atoms with E-state index in [-0.39, 0.29) is 11.9 Å². The molecule has 2 aliphatic rings. The van der Waals surface area contributed by atoms with Gasteiger partial charge in [-0.05, 0) is 25.0 Å². The predicted molar refractivity (Wildman–Crippen MR) is 82.4 cm³/mol.